The number of rotatable bonds is 6. The number of hydrogen-bond acceptors (Lipinski definition) is 2. The van der Waals surface area contributed by atoms with Gasteiger partial charge in [-0.1, -0.05) is 35.8 Å². The molecular formula is C16H17BF3NO. The van der Waals surface area contributed by atoms with Gasteiger partial charge in [0.15, 0.2) is 0 Å². The standard InChI is InChI=1S/C16H17BF3NO/c1-21(11-12-22-17-14-5-3-2-4-6-14)15-9-7-13(8-10-15)16(18,19)20/h2-10,17H,11-12H2,1H3. The molecular weight excluding hydrogens is 290 g/mol. The minimum absolute atomic E-state index is 0.506. The zero-order valence-electron chi connectivity index (χ0n) is 12.3. The summed E-state index contributed by atoms with van der Waals surface area (Å²) in [6.07, 6.45) is -4.30. The van der Waals surface area contributed by atoms with Gasteiger partial charge >= 0.3 is 13.7 Å². The molecule has 22 heavy (non-hydrogen) atoms. The van der Waals surface area contributed by atoms with E-state index in [0.717, 1.165) is 23.3 Å². The highest BCUT2D eigenvalue weighted by Gasteiger charge is 2.30. The minimum atomic E-state index is -4.30. The predicted molar refractivity (Wildman–Crippen MR) is 83.9 cm³/mol. The molecule has 0 amide bonds. The molecule has 116 valence electrons. The topological polar surface area (TPSA) is 12.5 Å². The Hall–Kier alpha value is -1.95. The molecule has 0 unspecified atom stereocenters. The molecule has 2 nitrogen and oxygen atoms in total. The Morgan fingerprint density at radius 1 is 1.00 bits per heavy atom. The molecule has 2 aromatic carbocycles. The first kappa shape index (κ1) is 16.4. The van der Waals surface area contributed by atoms with Crippen molar-refractivity contribution in [3.05, 3.63) is 60.2 Å². The number of hydrogen-bond donors (Lipinski definition) is 0. The van der Waals surface area contributed by atoms with Gasteiger partial charge in [-0.3, -0.25) is 0 Å². The van der Waals surface area contributed by atoms with Crippen molar-refractivity contribution in [2.24, 2.45) is 0 Å². The summed E-state index contributed by atoms with van der Waals surface area (Å²) in [6.45, 7) is 1.12. The van der Waals surface area contributed by atoms with E-state index >= 15 is 0 Å². The number of halogens is 3. The molecule has 0 saturated heterocycles. The van der Waals surface area contributed by atoms with Crippen LogP contribution in [0.15, 0.2) is 54.6 Å². The van der Waals surface area contributed by atoms with Crippen molar-refractivity contribution in [2.45, 2.75) is 6.18 Å². The quantitative estimate of drug-likeness (QED) is 0.601. The fraction of sp³-hybridized carbons (Fsp3) is 0.250. The largest absolute Gasteiger partial charge is 0.433 e. The molecule has 0 aliphatic rings. The normalized spacial score (nSPS) is 11.3. The van der Waals surface area contributed by atoms with Gasteiger partial charge in [-0.15, -0.1) is 0 Å². The second kappa shape index (κ2) is 7.36. The van der Waals surface area contributed by atoms with Crippen molar-refractivity contribution in [3.63, 3.8) is 0 Å². The van der Waals surface area contributed by atoms with Crippen molar-refractivity contribution >= 4 is 18.6 Å². The lowest BCUT2D eigenvalue weighted by Gasteiger charge is -2.20. The molecule has 0 fully saturated rings. The van der Waals surface area contributed by atoms with E-state index in [1.807, 2.05) is 42.3 Å². The van der Waals surface area contributed by atoms with E-state index in [-0.39, 0.29) is 0 Å². The van der Waals surface area contributed by atoms with Crippen LogP contribution in [0.5, 0.6) is 0 Å². The van der Waals surface area contributed by atoms with Gasteiger partial charge in [-0.2, -0.15) is 13.2 Å². The monoisotopic (exact) mass is 307 g/mol. The van der Waals surface area contributed by atoms with Crippen molar-refractivity contribution < 1.29 is 17.8 Å². The van der Waals surface area contributed by atoms with E-state index < -0.39 is 11.7 Å². The SMILES string of the molecule is CN(CCOBc1ccccc1)c1ccc(C(F)(F)F)cc1. The maximum Gasteiger partial charge on any atom is 0.416 e. The summed E-state index contributed by atoms with van der Waals surface area (Å²) in [7, 11) is 2.36. The maximum atomic E-state index is 12.5. The molecule has 0 N–H and O–H groups in total. The number of nitrogens with zero attached hydrogens (tertiary/aromatic N) is 1. The van der Waals surface area contributed by atoms with E-state index in [2.05, 4.69) is 0 Å². The molecule has 0 spiro atoms. The molecule has 0 atom stereocenters. The fourth-order valence-corrected chi connectivity index (χ4v) is 2.00. The van der Waals surface area contributed by atoms with E-state index in [9.17, 15) is 13.2 Å². The van der Waals surface area contributed by atoms with Crippen LogP contribution in [-0.2, 0) is 10.8 Å². The van der Waals surface area contributed by atoms with Gasteiger partial charge in [-0.05, 0) is 24.3 Å². The Morgan fingerprint density at radius 2 is 1.64 bits per heavy atom. The summed E-state index contributed by atoms with van der Waals surface area (Å²) < 4.78 is 43.1. The molecule has 0 aliphatic carbocycles. The van der Waals surface area contributed by atoms with Crippen LogP contribution >= 0.6 is 0 Å². The lowest BCUT2D eigenvalue weighted by Crippen LogP contribution is -2.26. The fourth-order valence-electron chi connectivity index (χ4n) is 2.00. The van der Waals surface area contributed by atoms with Gasteiger partial charge in [0.25, 0.3) is 0 Å². The molecule has 0 aromatic heterocycles. The second-order valence-electron chi connectivity index (χ2n) is 5.00. The van der Waals surface area contributed by atoms with E-state index in [0.29, 0.717) is 20.6 Å². The van der Waals surface area contributed by atoms with Gasteiger partial charge < -0.3 is 9.55 Å². The summed E-state index contributed by atoms with van der Waals surface area (Å²) in [5.41, 5.74) is 1.20. The Morgan fingerprint density at radius 3 is 2.23 bits per heavy atom. The van der Waals surface area contributed by atoms with Crippen LogP contribution in [0.25, 0.3) is 0 Å². The third-order valence-electron chi connectivity index (χ3n) is 3.32. The zero-order valence-corrected chi connectivity index (χ0v) is 12.3. The lowest BCUT2D eigenvalue weighted by molar-refractivity contribution is -0.137. The third-order valence-corrected chi connectivity index (χ3v) is 3.32. The summed E-state index contributed by atoms with van der Waals surface area (Å²) in [4.78, 5) is 1.87. The Labute approximate surface area is 128 Å². The number of likely N-dealkylation sites (N-methyl/N-ethyl adjacent to an activating group) is 1. The molecule has 2 rings (SSSR count). The van der Waals surface area contributed by atoms with E-state index in [1.54, 1.807) is 0 Å². The molecule has 6 heteroatoms. The summed E-state index contributed by atoms with van der Waals surface area (Å²) in [5, 5.41) is 0. The van der Waals surface area contributed by atoms with Gasteiger partial charge in [0.2, 0.25) is 0 Å². The average Bonchev–Trinajstić information content (AvgIpc) is 2.52. The van der Waals surface area contributed by atoms with Crippen LogP contribution in [0.3, 0.4) is 0 Å². The van der Waals surface area contributed by atoms with Crippen LogP contribution in [0, 0.1) is 0 Å². The summed E-state index contributed by atoms with van der Waals surface area (Å²) >= 11 is 0. The third kappa shape index (κ3) is 4.81. The predicted octanol–water partition coefficient (Wildman–Crippen LogP) is 2.84. The minimum Gasteiger partial charge on any atom is -0.433 e. The number of alkyl halides is 3. The molecule has 0 saturated carbocycles. The van der Waals surface area contributed by atoms with Gasteiger partial charge in [0.05, 0.1) is 5.56 Å². The second-order valence-corrected chi connectivity index (χ2v) is 5.00. The van der Waals surface area contributed by atoms with Crippen LogP contribution < -0.4 is 10.4 Å². The first-order valence-corrected chi connectivity index (χ1v) is 6.97. The average molecular weight is 307 g/mol. The van der Waals surface area contributed by atoms with Gasteiger partial charge in [-0.25, -0.2) is 0 Å². The van der Waals surface area contributed by atoms with Crippen molar-refractivity contribution in [3.8, 4) is 0 Å². The van der Waals surface area contributed by atoms with Crippen LogP contribution in [-0.4, -0.2) is 27.7 Å². The lowest BCUT2D eigenvalue weighted by atomic mass is 9.88. The summed E-state index contributed by atoms with van der Waals surface area (Å²) in [6, 6.07) is 15.0. The maximum absolute atomic E-state index is 12.5. The molecule has 0 heterocycles. The molecule has 2 aromatic rings. The summed E-state index contributed by atoms with van der Waals surface area (Å²) in [5.74, 6) is 0. The van der Waals surface area contributed by atoms with Gasteiger partial charge in [0.1, 0.15) is 0 Å². The first-order valence-electron chi connectivity index (χ1n) is 6.97. The highest BCUT2D eigenvalue weighted by Crippen LogP contribution is 2.30. The number of anilines is 1. The number of benzene rings is 2. The Balaban J connectivity index is 1.78. The van der Waals surface area contributed by atoms with Crippen molar-refractivity contribution in [2.75, 3.05) is 25.1 Å². The highest BCUT2D eigenvalue weighted by atomic mass is 19.4. The van der Waals surface area contributed by atoms with Crippen LogP contribution in [0.1, 0.15) is 5.56 Å². The van der Waals surface area contributed by atoms with Gasteiger partial charge in [0, 0.05) is 25.9 Å². The Kier molecular flexibility index (Phi) is 5.49. The zero-order chi connectivity index (χ0) is 16.0. The molecule has 0 bridgehead atoms. The van der Waals surface area contributed by atoms with E-state index in [1.165, 1.54) is 12.1 Å². The highest BCUT2D eigenvalue weighted by molar-refractivity contribution is 6.46. The molecule has 0 radical (unpaired) electrons. The van der Waals surface area contributed by atoms with E-state index in [4.69, 9.17) is 4.65 Å². The van der Waals surface area contributed by atoms with Crippen molar-refractivity contribution in [1.82, 2.24) is 0 Å². The Bertz CT molecular complexity index is 572. The first-order chi connectivity index (χ1) is 10.5. The van der Waals surface area contributed by atoms with Crippen LogP contribution in [0.4, 0.5) is 18.9 Å². The van der Waals surface area contributed by atoms with Crippen molar-refractivity contribution in [1.29, 1.82) is 0 Å². The molecule has 0 aliphatic heterocycles. The van der Waals surface area contributed by atoms with Crippen LogP contribution in [0.2, 0.25) is 0 Å². The smallest absolute Gasteiger partial charge is 0.416 e.